The maximum Gasteiger partial charge on any atom is 0.0557 e. The number of nitrogens with zero attached hydrogens (tertiary/aromatic N) is 1. The molecule has 0 bridgehead atoms. The Balaban J connectivity index is 0.000000442. The highest BCUT2D eigenvalue weighted by atomic mass is 16.5. The van der Waals surface area contributed by atoms with Crippen LogP contribution in [-0.2, 0) is 4.74 Å². The van der Waals surface area contributed by atoms with Crippen LogP contribution in [0, 0.1) is 5.41 Å². The molecule has 0 aliphatic carbocycles. The molecule has 2 rings (SSSR count). The maximum absolute atomic E-state index is 5.26. The molecule has 2 fully saturated rings. The SMILES string of the molecule is CC.CC.CC(C)N1CCC2(COC2)C1. The highest BCUT2D eigenvalue weighted by Gasteiger charge is 2.44. The van der Waals surface area contributed by atoms with Crippen molar-refractivity contribution in [2.75, 3.05) is 26.3 Å². The van der Waals surface area contributed by atoms with E-state index in [0.717, 1.165) is 19.3 Å². The minimum Gasteiger partial charge on any atom is -0.380 e. The van der Waals surface area contributed by atoms with Crippen molar-refractivity contribution in [2.45, 2.75) is 54.0 Å². The number of likely N-dealkylation sites (tertiary alicyclic amines) is 1. The van der Waals surface area contributed by atoms with Crippen molar-refractivity contribution in [2.24, 2.45) is 5.41 Å². The topological polar surface area (TPSA) is 12.5 Å². The third kappa shape index (κ3) is 3.76. The molecular formula is C13H29NO. The van der Waals surface area contributed by atoms with Crippen LogP contribution in [0.15, 0.2) is 0 Å². The lowest BCUT2D eigenvalue weighted by atomic mass is 9.85. The van der Waals surface area contributed by atoms with E-state index in [1.54, 1.807) is 0 Å². The molecule has 0 aromatic carbocycles. The summed E-state index contributed by atoms with van der Waals surface area (Å²) in [4.78, 5) is 2.56. The molecule has 2 heterocycles. The monoisotopic (exact) mass is 215 g/mol. The molecule has 2 nitrogen and oxygen atoms in total. The second-order valence-corrected chi connectivity index (χ2v) is 4.31. The molecule has 92 valence electrons. The van der Waals surface area contributed by atoms with E-state index in [4.69, 9.17) is 4.74 Å². The fourth-order valence-corrected chi connectivity index (χ4v) is 2.04. The van der Waals surface area contributed by atoms with Gasteiger partial charge in [0.05, 0.1) is 13.2 Å². The van der Waals surface area contributed by atoms with Crippen molar-refractivity contribution in [1.82, 2.24) is 4.90 Å². The summed E-state index contributed by atoms with van der Waals surface area (Å²) in [5, 5.41) is 0. The molecule has 0 saturated carbocycles. The fraction of sp³-hybridized carbons (Fsp3) is 1.00. The third-order valence-electron chi connectivity index (χ3n) is 3.01. The van der Waals surface area contributed by atoms with Crippen LogP contribution >= 0.6 is 0 Å². The Bertz CT molecular complexity index is 153. The molecule has 0 radical (unpaired) electrons. The van der Waals surface area contributed by atoms with Crippen LogP contribution in [-0.4, -0.2) is 37.2 Å². The Kier molecular flexibility index (Phi) is 7.20. The Morgan fingerprint density at radius 1 is 1.07 bits per heavy atom. The predicted molar refractivity (Wildman–Crippen MR) is 67.3 cm³/mol. The number of hydrogen-bond acceptors (Lipinski definition) is 2. The molecule has 1 spiro atoms. The van der Waals surface area contributed by atoms with Gasteiger partial charge in [0.2, 0.25) is 0 Å². The van der Waals surface area contributed by atoms with Gasteiger partial charge in [0, 0.05) is 18.0 Å². The van der Waals surface area contributed by atoms with Crippen LogP contribution in [0.4, 0.5) is 0 Å². The summed E-state index contributed by atoms with van der Waals surface area (Å²) in [5.41, 5.74) is 0.574. The van der Waals surface area contributed by atoms with E-state index in [9.17, 15) is 0 Å². The summed E-state index contributed by atoms with van der Waals surface area (Å²) in [5.74, 6) is 0. The van der Waals surface area contributed by atoms with Gasteiger partial charge in [-0.05, 0) is 26.8 Å². The molecule has 15 heavy (non-hydrogen) atoms. The standard InChI is InChI=1S/C9H17NO.2C2H6/c1-8(2)10-4-3-9(5-10)6-11-7-9;2*1-2/h8H,3-7H2,1-2H3;2*1-2H3. The zero-order chi connectivity index (χ0) is 11.9. The van der Waals surface area contributed by atoms with Gasteiger partial charge in [-0.1, -0.05) is 27.7 Å². The summed E-state index contributed by atoms with van der Waals surface area (Å²) in [6.45, 7) is 17.1. The second-order valence-electron chi connectivity index (χ2n) is 4.31. The maximum atomic E-state index is 5.26. The van der Waals surface area contributed by atoms with Gasteiger partial charge in [0.1, 0.15) is 0 Å². The number of ether oxygens (including phenoxy) is 1. The smallest absolute Gasteiger partial charge is 0.0557 e. The average Bonchev–Trinajstić information content (AvgIpc) is 2.68. The number of hydrogen-bond donors (Lipinski definition) is 0. The van der Waals surface area contributed by atoms with Gasteiger partial charge in [-0.2, -0.15) is 0 Å². The summed E-state index contributed by atoms with van der Waals surface area (Å²) in [6, 6.07) is 0.718. The first-order valence-electron chi connectivity index (χ1n) is 6.54. The quantitative estimate of drug-likeness (QED) is 0.666. The first-order valence-corrected chi connectivity index (χ1v) is 6.54. The van der Waals surface area contributed by atoms with E-state index in [1.165, 1.54) is 19.5 Å². The van der Waals surface area contributed by atoms with Crippen LogP contribution in [0.3, 0.4) is 0 Å². The van der Waals surface area contributed by atoms with Crippen LogP contribution in [0.25, 0.3) is 0 Å². The molecule has 2 saturated heterocycles. The molecule has 0 aromatic rings. The molecule has 2 aliphatic heterocycles. The summed E-state index contributed by atoms with van der Waals surface area (Å²) < 4.78 is 5.26. The molecule has 2 aliphatic rings. The Morgan fingerprint density at radius 2 is 1.60 bits per heavy atom. The van der Waals surface area contributed by atoms with Crippen LogP contribution < -0.4 is 0 Å². The van der Waals surface area contributed by atoms with E-state index in [2.05, 4.69) is 18.7 Å². The molecular weight excluding hydrogens is 186 g/mol. The highest BCUT2D eigenvalue weighted by Crippen LogP contribution is 2.37. The van der Waals surface area contributed by atoms with Gasteiger partial charge in [0.25, 0.3) is 0 Å². The van der Waals surface area contributed by atoms with E-state index in [-0.39, 0.29) is 0 Å². The Labute approximate surface area is 96.0 Å². The van der Waals surface area contributed by atoms with Gasteiger partial charge < -0.3 is 9.64 Å². The zero-order valence-corrected chi connectivity index (χ0v) is 11.5. The Morgan fingerprint density at radius 3 is 1.80 bits per heavy atom. The second kappa shape index (κ2) is 7.24. The predicted octanol–water partition coefficient (Wildman–Crippen LogP) is 3.17. The van der Waals surface area contributed by atoms with Crippen molar-refractivity contribution in [3.8, 4) is 0 Å². The lowest BCUT2D eigenvalue weighted by molar-refractivity contribution is -0.105. The molecule has 0 unspecified atom stereocenters. The van der Waals surface area contributed by atoms with Crippen molar-refractivity contribution in [3.63, 3.8) is 0 Å². The van der Waals surface area contributed by atoms with Crippen LogP contribution in [0.2, 0.25) is 0 Å². The summed E-state index contributed by atoms with van der Waals surface area (Å²) in [6.07, 6.45) is 1.35. The molecule has 0 N–H and O–H groups in total. The lowest BCUT2D eigenvalue weighted by Gasteiger charge is -2.38. The van der Waals surface area contributed by atoms with Gasteiger partial charge in [-0.25, -0.2) is 0 Å². The van der Waals surface area contributed by atoms with E-state index < -0.39 is 0 Å². The van der Waals surface area contributed by atoms with Gasteiger partial charge in [-0.15, -0.1) is 0 Å². The van der Waals surface area contributed by atoms with Gasteiger partial charge in [-0.3, -0.25) is 0 Å². The fourth-order valence-electron chi connectivity index (χ4n) is 2.04. The highest BCUT2D eigenvalue weighted by molar-refractivity contribution is 4.95. The normalized spacial score (nSPS) is 22.6. The first-order chi connectivity index (χ1) is 7.22. The van der Waals surface area contributed by atoms with Crippen molar-refractivity contribution in [1.29, 1.82) is 0 Å². The minimum absolute atomic E-state index is 0.574. The largest absolute Gasteiger partial charge is 0.380 e. The van der Waals surface area contributed by atoms with E-state index in [1.807, 2.05) is 27.7 Å². The third-order valence-corrected chi connectivity index (χ3v) is 3.01. The van der Waals surface area contributed by atoms with E-state index in [0.29, 0.717) is 5.41 Å². The van der Waals surface area contributed by atoms with E-state index >= 15 is 0 Å². The average molecular weight is 215 g/mol. The van der Waals surface area contributed by atoms with Crippen molar-refractivity contribution in [3.05, 3.63) is 0 Å². The van der Waals surface area contributed by atoms with Gasteiger partial charge in [0.15, 0.2) is 0 Å². The van der Waals surface area contributed by atoms with Crippen LogP contribution in [0.1, 0.15) is 48.0 Å². The van der Waals surface area contributed by atoms with Gasteiger partial charge >= 0.3 is 0 Å². The summed E-state index contributed by atoms with van der Waals surface area (Å²) >= 11 is 0. The van der Waals surface area contributed by atoms with Crippen molar-refractivity contribution < 1.29 is 4.74 Å². The molecule has 0 aromatic heterocycles. The molecule has 2 heteroatoms. The summed E-state index contributed by atoms with van der Waals surface area (Å²) in [7, 11) is 0. The number of rotatable bonds is 1. The Hall–Kier alpha value is -0.0800. The lowest BCUT2D eigenvalue weighted by Crippen LogP contribution is -2.45. The minimum atomic E-state index is 0.574. The molecule has 0 atom stereocenters. The van der Waals surface area contributed by atoms with Crippen LogP contribution in [0.5, 0.6) is 0 Å². The van der Waals surface area contributed by atoms with Crippen molar-refractivity contribution >= 4 is 0 Å². The zero-order valence-electron chi connectivity index (χ0n) is 11.5. The first kappa shape index (κ1) is 14.9. The molecule has 0 amide bonds.